The largest absolute Gasteiger partial charge is 0.360 e. The highest BCUT2D eigenvalue weighted by atomic mass is 32.2. The van der Waals surface area contributed by atoms with Gasteiger partial charge in [-0.05, 0) is 43.7 Å². The minimum absolute atomic E-state index is 0.0286. The fourth-order valence-electron chi connectivity index (χ4n) is 4.12. The van der Waals surface area contributed by atoms with Gasteiger partial charge in [0.1, 0.15) is 5.69 Å². The fraction of sp³-hybridized carbons (Fsp3) is 0.684. The van der Waals surface area contributed by atoms with Gasteiger partial charge in [-0.25, -0.2) is 13.1 Å². The van der Waals surface area contributed by atoms with Gasteiger partial charge in [-0.2, -0.15) is 0 Å². The maximum absolute atomic E-state index is 12.8. The molecule has 1 aromatic rings. The lowest BCUT2D eigenvalue weighted by molar-refractivity contribution is -0.876. The molecule has 1 aliphatic carbocycles. The molecule has 0 amide bonds. The Kier molecular flexibility index (Phi) is 6.57. The van der Waals surface area contributed by atoms with Crippen LogP contribution in [0.1, 0.15) is 39.0 Å². The van der Waals surface area contributed by atoms with E-state index in [9.17, 15) is 18.5 Å². The number of nitro benzene ring substituents is 1. The minimum Gasteiger partial charge on any atom is -0.360 e. The number of sulfonamides is 1. The van der Waals surface area contributed by atoms with Crippen LogP contribution in [0.15, 0.2) is 23.1 Å². The van der Waals surface area contributed by atoms with E-state index >= 15 is 0 Å². The van der Waals surface area contributed by atoms with Crippen LogP contribution in [-0.4, -0.2) is 52.6 Å². The molecule has 1 aliphatic heterocycles. The van der Waals surface area contributed by atoms with Gasteiger partial charge in [-0.1, -0.05) is 6.92 Å². The summed E-state index contributed by atoms with van der Waals surface area (Å²) in [6, 6.07) is 4.21. The van der Waals surface area contributed by atoms with E-state index in [4.69, 9.17) is 0 Å². The molecule has 2 aliphatic rings. The summed E-state index contributed by atoms with van der Waals surface area (Å²) in [7, 11) is -1.66. The molecule has 1 aromatic carbocycles. The van der Waals surface area contributed by atoms with E-state index in [-0.39, 0.29) is 16.6 Å². The number of anilines is 1. The third kappa shape index (κ3) is 5.01. The predicted octanol–water partition coefficient (Wildman–Crippen LogP) is 1.18. The number of likely N-dealkylation sites (N-methyl/N-ethyl adjacent to an activating group) is 1. The van der Waals surface area contributed by atoms with Gasteiger partial charge in [0, 0.05) is 25.1 Å². The number of quaternary nitrogens is 1. The molecule has 1 saturated carbocycles. The summed E-state index contributed by atoms with van der Waals surface area (Å²) in [5.74, 6) is 0.621. The first-order valence-electron chi connectivity index (χ1n) is 10.1. The van der Waals surface area contributed by atoms with Crippen LogP contribution in [0.25, 0.3) is 0 Å². The van der Waals surface area contributed by atoms with Gasteiger partial charge >= 0.3 is 0 Å². The lowest BCUT2D eigenvalue weighted by atomic mass is 9.88. The van der Waals surface area contributed by atoms with Crippen molar-refractivity contribution in [1.82, 2.24) is 4.72 Å². The normalized spacial score (nSPS) is 26.6. The maximum atomic E-state index is 12.8. The Hall–Kier alpha value is -1.71. The molecule has 0 spiro atoms. The molecule has 0 bridgehead atoms. The van der Waals surface area contributed by atoms with Gasteiger partial charge in [0.15, 0.2) is 0 Å². The first kappa shape index (κ1) is 21.0. The minimum atomic E-state index is -3.77. The summed E-state index contributed by atoms with van der Waals surface area (Å²) >= 11 is 0. The molecule has 3 rings (SSSR count). The number of hydrogen-bond donors (Lipinski definition) is 2. The molecule has 0 aromatic heterocycles. The standard InChI is InChI=1S/C19H30N4O4S/c1-15-4-6-16(7-5-15)20-28(26,27)17-8-9-18(19(14-17)23(24)25)22-11-3-10-21(2)12-13-22/h8-9,14-16,20H,3-7,10-13H2,1-2H3/p+1. The Morgan fingerprint density at radius 1 is 1.18 bits per heavy atom. The molecule has 0 radical (unpaired) electrons. The van der Waals surface area contributed by atoms with E-state index in [2.05, 4.69) is 18.7 Å². The Morgan fingerprint density at radius 3 is 2.57 bits per heavy atom. The van der Waals surface area contributed by atoms with Gasteiger partial charge in [0.05, 0.1) is 36.5 Å². The van der Waals surface area contributed by atoms with Crippen LogP contribution in [-0.2, 0) is 10.0 Å². The molecule has 9 heteroatoms. The molecule has 1 saturated heterocycles. The van der Waals surface area contributed by atoms with Gasteiger partial charge in [-0.15, -0.1) is 0 Å². The summed E-state index contributed by atoms with van der Waals surface area (Å²) in [6.45, 7) is 5.56. The first-order valence-corrected chi connectivity index (χ1v) is 11.6. The van der Waals surface area contributed by atoms with E-state index in [1.807, 2.05) is 4.90 Å². The quantitative estimate of drug-likeness (QED) is 0.560. The summed E-state index contributed by atoms with van der Waals surface area (Å²) in [5.41, 5.74) is 0.366. The number of benzene rings is 1. The lowest BCUT2D eigenvalue weighted by Crippen LogP contribution is -3.09. The molecular formula is C19H31N4O4S+. The van der Waals surface area contributed by atoms with Crippen LogP contribution >= 0.6 is 0 Å². The number of rotatable bonds is 5. The average Bonchev–Trinajstić information content (AvgIpc) is 2.87. The van der Waals surface area contributed by atoms with Crippen molar-refractivity contribution in [2.24, 2.45) is 5.92 Å². The summed E-state index contributed by atoms with van der Waals surface area (Å²) in [4.78, 5) is 14.6. The van der Waals surface area contributed by atoms with E-state index < -0.39 is 14.9 Å². The number of nitro groups is 1. The van der Waals surface area contributed by atoms with Crippen molar-refractivity contribution >= 4 is 21.4 Å². The zero-order valence-electron chi connectivity index (χ0n) is 16.7. The molecule has 8 nitrogen and oxygen atoms in total. The van der Waals surface area contributed by atoms with Gasteiger partial charge in [-0.3, -0.25) is 10.1 Å². The highest BCUT2D eigenvalue weighted by Crippen LogP contribution is 2.32. The fourth-order valence-corrected chi connectivity index (χ4v) is 5.45. The molecule has 156 valence electrons. The Labute approximate surface area is 167 Å². The summed E-state index contributed by atoms with van der Waals surface area (Å²) in [6.07, 6.45) is 4.56. The van der Waals surface area contributed by atoms with Crippen molar-refractivity contribution in [2.45, 2.75) is 50.0 Å². The maximum Gasteiger partial charge on any atom is 0.293 e. The van der Waals surface area contributed by atoms with Gasteiger partial charge in [0.25, 0.3) is 5.69 Å². The molecule has 28 heavy (non-hydrogen) atoms. The molecule has 1 heterocycles. The van der Waals surface area contributed by atoms with Gasteiger partial charge in [0.2, 0.25) is 10.0 Å². The second kappa shape index (κ2) is 8.75. The highest BCUT2D eigenvalue weighted by molar-refractivity contribution is 7.89. The Bertz CT molecular complexity index is 806. The number of hydrogen-bond acceptors (Lipinski definition) is 5. The van der Waals surface area contributed by atoms with E-state index in [0.717, 1.165) is 58.3 Å². The van der Waals surface area contributed by atoms with Crippen LogP contribution in [0.4, 0.5) is 11.4 Å². The zero-order chi connectivity index (χ0) is 20.3. The van der Waals surface area contributed by atoms with Gasteiger partial charge < -0.3 is 9.80 Å². The number of nitrogens with zero attached hydrogens (tertiary/aromatic N) is 2. The van der Waals surface area contributed by atoms with E-state index in [0.29, 0.717) is 11.6 Å². The lowest BCUT2D eigenvalue weighted by Gasteiger charge is -2.27. The van der Waals surface area contributed by atoms with E-state index in [1.165, 1.54) is 17.0 Å². The van der Waals surface area contributed by atoms with Crippen LogP contribution in [0.2, 0.25) is 0 Å². The topological polar surface area (TPSA) is 97.0 Å². The monoisotopic (exact) mass is 411 g/mol. The molecule has 2 fully saturated rings. The Morgan fingerprint density at radius 2 is 1.89 bits per heavy atom. The second-order valence-corrected chi connectivity index (χ2v) is 10.00. The van der Waals surface area contributed by atoms with Crippen molar-refractivity contribution in [3.05, 3.63) is 28.3 Å². The highest BCUT2D eigenvalue weighted by Gasteiger charge is 2.28. The number of nitrogens with one attached hydrogen (secondary N) is 2. The van der Waals surface area contributed by atoms with Crippen LogP contribution < -0.4 is 14.5 Å². The van der Waals surface area contributed by atoms with Crippen LogP contribution in [0, 0.1) is 16.0 Å². The van der Waals surface area contributed by atoms with Crippen LogP contribution in [0.3, 0.4) is 0 Å². The van der Waals surface area contributed by atoms with Crippen molar-refractivity contribution < 1.29 is 18.2 Å². The predicted molar refractivity (Wildman–Crippen MR) is 108 cm³/mol. The third-order valence-electron chi connectivity index (χ3n) is 5.97. The second-order valence-electron chi connectivity index (χ2n) is 8.28. The molecule has 1 atom stereocenters. The van der Waals surface area contributed by atoms with Crippen molar-refractivity contribution in [1.29, 1.82) is 0 Å². The first-order chi connectivity index (χ1) is 13.3. The molecule has 1 unspecified atom stereocenters. The Balaban J connectivity index is 1.82. The van der Waals surface area contributed by atoms with E-state index in [1.54, 1.807) is 6.07 Å². The summed E-state index contributed by atoms with van der Waals surface area (Å²) < 4.78 is 28.3. The molecular weight excluding hydrogens is 380 g/mol. The van der Waals surface area contributed by atoms with Crippen LogP contribution in [0.5, 0.6) is 0 Å². The SMILES string of the molecule is CC1CCC(NS(=O)(=O)c2ccc(N3CCC[NH+](C)CC3)c([N+](=O)[O-])c2)CC1. The van der Waals surface area contributed by atoms with Crippen molar-refractivity contribution in [2.75, 3.05) is 38.1 Å². The zero-order valence-corrected chi connectivity index (χ0v) is 17.5. The van der Waals surface area contributed by atoms with Crippen molar-refractivity contribution in [3.8, 4) is 0 Å². The molecule has 2 N–H and O–H groups in total. The summed E-state index contributed by atoms with van der Waals surface area (Å²) in [5, 5.41) is 11.7. The smallest absolute Gasteiger partial charge is 0.293 e. The average molecular weight is 412 g/mol. The van der Waals surface area contributed by atoms with Crippen molar-refractivity contribution in [3.63, 3.8) is 0 Å². The third-order valence-corrected chi connectivity index (χ3v) is 7.49.